The van der Waals surface area contributed by atoms with Gasteiger partial charge in [0.1, 0.15) is 11.4 Å². The number of aryl methyl sites for hydroxylation is 1. The topological polar surface area (TPSA) is 43.4 Å². The lowest BCUT2D eigenvalue weighted by atomic mass is 10.0. The van der Waals surface area contributed by atoms with E-state index in [0.29, 0.717) is 6.61 Å². The molecule has 0 radical (unpaired) electrons. The summed E-state index contributed by atoms with van der Waals surface area (Å²) in [7, 11) is 1.73. The Morgan fingerprint density at radius 1 is 1.65 bits per heavy atom. The molecular weight excluding hydrogens is 284 g/mol. The summed E-state index contributed by atoms with van der Waals surface area (Å²) in [5, 5.41) is 3.34. The van der Waals surface area contributed by atoms with Crippen LogP contribution < -0.4 is 5.32 Å². The number of methoxy groups -OCH3 is 1. The van der Waals surface area contributed by atoms with Crippen LogP contribution in [0.3, 0.4) is 0 Å². The lowest BCUT2D eigenvalue weighted by Crippen LogP contribution is -2.39. The number of pyridine rings is 1. The molecule has 0 bridgehead atoms. The Labute approximate surface area is 110 Å². The molecule has 4 nitrogen and oxygen atoms in total. The molecule has 1 saturated heterocycles. The number of hydrogen-bond acceptors (Lipinski definition) is 4. The maximum Gasteiger partial charge on any atom is 0.129 e. The molecule has 0 amide bonds. The van der Waals surface area contributed by atoms with Gasteiger partial charge in [-0.25, -0.2) is 4.98 Å². The van der Waals surface area contributed by atoms with E-state index in [4.69, 9.17) is 9.47 Å². The summed E-state index contributed by atoms with van der Waals surface area (Å²) in [4.78, 5) is 4.35. The van der Waals surface area contributed by atoms with Gasteiger partial charge in [0.05, 0.1) is 6.61 Å². The third kappa shape index (κ3) is 2.97. The van der Waals surface area contributed by atoms with Crippen molar-refractivity contribution in [1.29, 1.82) is 0 Å². The molecule has 1 atom stereocenters. The van der Waals surface area contributed by atoms with Gasteiger partial charge in [0.25, 0.3) is 0 Å². The zero-order valence-electron chi connectivity index (χ0n) is 10.1. The standard InChI is InChI=1S/C12H17BrN2O2/c1-9-5-10(13)6-14-11(9)15-7-12(16-2)3-4-17-8-12/h5-6H,3-4,7-8H2,1-2H3,(H,14,15). The van der Waals surface area contributed by atoms with E-state index < -0.39 is 0 Å². The molecule has 5 heteroatoms. The number of hydrogen-bond donors (Lipinski definition) is 1. The van der Waals surface area contributed by atoms with E-state index in [0.717, 1.165) is 35.4 Å². The summed E-state index contributed by atoms with van der Waals surface area (Å²) < 4.78 is 11.9. The number of anilines is 1. The Balaban J connectivity index is 2.01. The highest BCUT2D eigenvalue weighted by Crippen LogP contribution is 2.24. The molecule has 17 heavy (non-hydrogen) atoms. The first kappa shape index (κ1) is 12.8. The van der Waals surface area contributed by atoms with Crippen molar-refractivity contribution in [3.8, 4) is 0 Å². The maximum atomic E-state index is 5.56. The van der Waals surface area contributed by atoms with Crippen LogP contribution in [0.1, 0.15) is 12.0 Å². The van der Waals surface area contributed by atoms with Crippen molar-refractivity contribution < 1.29 is 9.47 Å². The number of aromatic nitrogens is 1. The summed E-state index contributed by atoms with van der Waals surface area (Å²) in [6.45, 7) is 4.16. The second-order valence-electron chi connectivity index (χ2n) is 4.36. The van der Waals surface area contributed by atoms with Crippen LogP contribution in [0.4, 0.5) is 5.82 Å². The highest BCUT2D eigenvalue weighted by atomic mass is 79.9. The fourth-order valence-electron chi connectivity index (χ4n) is 1.93. The Morgan fingerprint density at radius 2 is 2.47 bits per heavy atom. The Bertz CT molecular complexity index is 392. The molecule has 94 valence electrons. The molecule has 0 aromatic carbocycles. The van der Waals surface area contributed by atoms with Gasteiger partial charge in [0, 0.05) is 37.4 Å². The zero-order chi connectivity index (χ0) is 12.3. The Kier molecular flexibility index (Phi) is 4.01. The third-order valence-electron chi connectivity index (χ3n) is 3.12. The third-order valence-corrected chi connectivity index (χ3v) is 3.56. The van der Waals surface area contributed by atoms with Gasteiger partial charge in [-0.1, -0.05) is 0 Å². The SMILES string of the molecule is COC1(CNc2ncc(Br)cc2C)CCOC1. The first-order chi connectivity index (χ1) is 8.15. The van der Waals surface area contributed by atoms with Crippen LogP contribution in [0.5, 0.6) is 0 Å². The molecule has 0 spiro atoms. The number of nitrogens with one attached hydrogen (secondary N) is 1. The number of rotatable bonds is 4. The van der Waals surface area contributed by atoms with Gasteiger partial charge in [0.2, 0.25) is 0 Å². The Morgan fingerprint density at radius 3 is 3.06 bits per heavy atom. The fraction of sp³-hybridized carbons (Fsp3) is 0.583. The van der Waals surface area contributed by atoms with Crippen LogP contribution in [-0.2, 0) is 9.47 Å². The molecule has 2 rings (SSSR count). The summed E-state index contributed by atoms with van der Waals surface area (Å²) in [6, 6.07) is 2.04. The highest BCUT2D eigenvalue weighted by Gasteiger charge is 2.34. The van der Waals surface area contributed by atoms with Gasteiger partial charge in [-0.05, 0) is 34.5 Å². The maximum absolute atomic E-state index is 5.56. The van der Waals surface area contributed by atoms with E-state index in [2.05, 4.69) is 26.2 Å². The van der Waals surface area contributed by atoms with Crippen molar-refractivity contribution in [2.45, 2.75) is 18.9 Å². The lowest BCUT2D eigenvalue weighted by Gasteiger charge is -2.26. The highest BCUT2D eigenvalue weighted by molar-refractivity contribution is 9.10. The second kappa shape index (κ2) is 5.33. The molecule has 1 N–H and O–H groups in total. The largest absolute Gasteiger partial charge is 0.378 e. The fourth-order valence-corrected chi connectivity index (χ4v) is 2.38. The molecule has 2 heterocycles. The smallest absolute Gasteiger partial charge is 0.129 e. The zero-order valence-corrected chi connectivity index (χ0v) is 11.7. The first-order valence-corrected chi connectivity index (χ1v) is 6.43. The van der Waals surface area contributed by atoms with Crippen LogP contribution in [0.2, 0.25) is 0 Å². The average molecular weight is 301 g/mol. The van der Waals surface area contributed by atoms with Crippen molar-refractivity contribution in [3.05, 3.63) is 22.3 Å². The predicted octanol–water partition coefficient (Wildman–Crippen LogP) is 2.37. The van der Waals surface area contributed by atoms with Crippen LogP contribution in [-0.4, -0.2) is 37.5 Å². The molecule has 0 saturated carbocycles. The lowest BCUT2D eigenvalue weighted by molar-refractivity contribution is -0.00626. The normalized spacial score (nSPS) is 23.9. The van der Waals surface area contributed by atoms with E-state index in [1.54, 1.807) is 13.3 Å². The summed E-state index contributed by atoms with van der Waals surface area (Å²) in [6.07, 6.45) is 2.71. The molecule has 1 aromatic heterocycles. The van der Waals surface area contributed by atoms with Gasteiger partial charge >= 0.3 is 0 Å². The molecule has 1 aliphatic rings. The van der Waals surface area contributed by atoms with E-state index in [-0.39, 0.29) is 5.60 Å². The van der Waals surface area contributed by atoms with Crippen LogP contribution in [0.25, 0.3) is 0 Å². The van der Waals surface area contributed by atoms with Gasteiger partial charge < -0.3 is 14.8 Å². The van der Waals surface area contributed by atoms with E-state index in [9.17, 15) is 0 Å². The number of halogens is 1. The van der Waals surface area contributed by atoms with Crippen molar-refractivity contribution in [2.75, 3.05) is 32.2 Å². The predicted molar refractivity (Wildman–Crippen MR) is 70.3 cm³/mol. The van der Waals surface area contributed by atoms with Crippen molar-refractivity contribution in [2.24, 2.45) is 0 Å². The number of nitrogens with zero attached hydrogens (tertiary/aromatic N) is 1. The average Bonchev–Trinajstić information content (AvgIpc) is 2.77. The van der Waals surface area contributed by atoms with Crippen molar-refractivity contribution in [1.82, 2.24) is 4.98 Å². The number of ether oxygens (including phenoxy) is 2. The molecule has 1 aliphatic heterocycles. The second-order valence-corrected chi connectivity index (χ2v) is 5.28. The molecule has 1 unspecified atom stereocenters. The minimum absolute atomic E-state index is 0.207. The summed E-state index contributed by atoms with van der Waals surface area (Å²) >= 11 is 3.40. The summed E-state index contributed by atoms with van der Waals surface area (Å²) in [5.41, 5.74) is 0.908. The van der Waals surface area contributed by atoms with Gasteiger partial charge in [-0.2, -0.15) is 0 Å². The monoisotopic (exact) mass is 300 g/mol. The minimum Gasteiger partial charge on any atom is -0.378 e. The van der Waals surface area contributed by atoms with Crippen molar-refractivity contribution in [3.63, 3.8) is 0 Å². The van der Waals surface area contributed by atoms with E-state index >= 15 is 0 Å². The minimum atomic E-state index is -0.207. The van der Waals surface area contributed by atoms with E-state index in [1.807, 2.05) is 13.0 Å². The van der Waals surface area contributed by atoms with Crippen LogP contribution in [0, 0.1) is 6.92 Å². The van der Waals surface area contributed by atoms with Crippen molar-refractivity contribution >= 4 is 21.7 Å². The van der Waals surface area contributed by atoms with Gasteiger partial charge in [-0.3, -0.25) is 0 Å². The van der Waals surface area contributed by atoms with Gasteiger partial charge in [-0.15, -0.1) is 0 Å². The molecule has 1 aromatic rings. The van der Waals surface area contributed by atoms with Crippen LogP contribution >= 0.6 is 15.9 Å². The molecular formula is C12H17BrN2O2. The Hall–Kier alpha value is -0.650. The van der Waals surface area contributed by atoms with Gasteiger partial charge in [0.15, 0.2) is 0 Å². The quantitative estimate of drug-likeness (QED) is 0.927. The first-order valence-electron chi connectivity index (χ1n) is 5.64. The molecule has 1 fully saturated rings. The van der Waals surface area contributed by atoms with E-state index in [1.165, 1.54) is 0 Å². The van der Waals surface area contributed by atoms with Crippen LogP contribution in [0.15, 0.2) is 16.7 Å². The summed E-state index contributed by atoms with van der Waals surface area (Å²) in [5.74, 6) is 0.900. The molecule has 0 aliphatic carbocycles.